The van der Waals surface area contributed by atoms with Gasteiger partial charge >= 0.3 is 6.03 Å². The number of hydrogen-bond donors (Lipinski definition) is 1. The minimum atomic E-state index is -0.102. The van der Waals surface area contributed by atoms with E-state index in [4.69, 9.17) is 4.74 Å². The second-order valence-electron chi connectivity index (χ2n) is 9.09. The first-order valence-electron chi connectivity index (χ1n) is 11.8. The molecule has 0 spiro atoms. The smallest absolute Gasteiger partial charge is 0.322 e. The lowest BCUT2D eigenvalue weighted by atomic mass is 9.95. The van der Waals surface area contributed by atoms with Crippen molar-refractivity contribution in [3.05, 3.63) is 65.5 Å². The number of nitrogens with one attached hydrogen (secondary N) is 1. The van der Waals surface area contributed by atoms with E-state index in [1.807, 2.05) is 41.4 Å². The highest BCUT2D eigenvalue weighted by Gasteiger charge is 2.24. The molecule has 0 bridgehead atoms. The predicted octanol–water partition coefficient (Wildman–Crippen LogP) is 4.06. The molecule has 1 aromatic carbocycles. The lowest BCUT2D eigenvalue weighted by Gasteiger charge is -2.29. The molecule has 7 heteroatoms. The number of aromatic nitrogens is 1. The summed E-state index contributed by atoms with van der Waals surface area (Å²) in [6.07, 6.45) is 9.23. The highest BCUT2D eigenvalue weighted by atomic mass is 16.5. The van der Waals surface area contributed by atoms with Gasteiger partial charge in [0.15, 0.2) is 0 Å². The van der Waals surface area contributed by atoms with Gasteiger partial charge in [0.05, 0.1) is 0 Å². The normalized spacial score (nSPS) is 18.6. The first-order chi connectivity index (χ1) is 16.2. The van der Waals surface area contributed by atoms with Crippen LogP contribution in [-0.4, -0.2) is 53.0 Å². The zero-order valence-electron chi connectivity index (χ0n) is 18.8. The van der Waals surface area contributed by atoms with Crippen LogP contribution in [0.1, 0.15) is 42.4 Å². The number of benzene rings is 1. The van der Waals surface area contributed by atoms with Crippen molar-refractivity contribution in [1.29, 1.82) is 0 Å². The molecule has 5 rings (SSSR count). The maximum atomic E-state index is 12.7. The fourth-order valence-electron chi connectivity index (χ4n) is 4.82. The quantitative estimate of drug-likeness (QED) is 0.769. The van der Waals surface area contributed by atoms with E-state index in [1.165, 1.54) is 5.57 Å². The van der Waals surface area contributed by atoms with Gasteiger partial charge in [-0.2, -0.15) is 0 Å². The Morgan fingerprint density at radius 2 is 1.82 bits per heavy atom. The highest BCUT2D eigenvalue weighted by molar-refractivity contribution is 5.90. The van der Waals surface area contributed by atoms with Crippen LogP contribution < -0.4 is 5.32 Å². The summed E-state index contributed by atoms with van der Waals surface area (Å²) in [5, 5.41) is 2.99. The number of fused-ring (bicyclic) bond motifs is 1. The monoisotopic (exact) mass is 446 g/mol. The number of nitrogens with zero attached hydrogens (tertiary/aromatic N) is 3. The Bertz CT molecular complexity index is 1020. The summed E-state index contributed by atoms with van der Waals surface area (Å²) in [6, 6.07) is 9.85. The van der Waals surface area contributed by atoms with Crippen molar-refractivity contribution in [2.45, 2.75) is 38.8 Å². The van der Waals surface area contributed by atoms with Crippen molar-refractivity contribution in [2.24, 2.45) is 5.92 Å². The summed E-state index contributed by atoms with van der Waals surface area (Å²) in [5.41, 5.74) is 5.43. The first kappa shape index (κ1) is 21.6. The number of anilines is 1. The van der Waals surface area contributed by atoms with E-state index < -0.39 is 0 Å². The molecule has 1 aromatic heterocycles. The Hall–Kier alpha value is -3.19. The lowest BCUT2D eigenvalue weighted by Crippen LogP contribution is -2.36. The van der Waals surface area contributed by atoms with E-state index in [0.29, 0.717) is 32.0 Å². The Morgan fingerprint density at radius 1 is 1.03 bits per heavy atom. The third-order valence-corrected chi connectivity index (χ3v) is 6.89. The van der Waals surface area contributed by atoms with Gasteiger partial charge in [-0.3, -0.25) is 9.78 Å². The van der Waals surface area contributed by atoms with Gasteiger partial charge in [-0.15, -0.1) is 0 Å². The molecule has 3 aliphatic heterocycles. The van der Waals surface area contributed by atoms with Crippen LogP contribution in [0.4, 0.5) is 10.5 Å². The van der Waals surface area contributed by atoms with Crippen LogP contribution in [-0.2, 0) is 22.6 Å². The Morgan fingerprint density at radius 3 is 2.55 bits per heavy atom. The van der Waals surface area contributed by atoms with Crippen LogP contribution in [0.2, 0.25) is 0 Å². The van der Waals surface area contributed by atoms with Gasteiger partial charge in [-0.25, -0.2) is 4.79 Å². The fourth-order valence-corrected chi connectivity index (χ4v) is 4.82. The molecule has 33 heavy (non-hydrogen) atoms. The van der Waals surface area contributed by atoms with Crippen LogP contribution >= 0.6 is 0 Å². The molecule has 0 aliphatic carbocycles. The van der Waals surface area contributed by atoms with Gasteiger partial charge in [0, 0.05) is 63.9 Å². The lowest BCUT2D eigenvalue weighted by molar-refractivity contribution is -0.132. The minimum absolute atomic E-state index is 0.102. The fraction of sp³-hybridized carbons (Fsp3) is 0.423. The van der Waals surface area contributed by atoms with Gasteiger partial charge in [-0.1, -0.05) is 18.2 Å². The molecule has 2 aromatic rings. The summed E-state index contributed by atoms with van der Waals surface area (Å²) >= 11 is 0. The molecule has 3 aliphatic rings. The summed E-state index contributed by atoms with van der Waals surface area (Å²) in [5.74, 6) is 0.723. The van der Waals surface area contributed by atoms with E-state index in [2.05, 4.69) is 16.4 Å². The molecule has 7 nitrogen and oxygen atoms in total. The van der Waals surface area contributed by atoms with Gasteiger partial charge in [0.2, 0.25) is 5.91 Å². The van der Waals surface area contributed by atoms with Crippen LogP contribution in [0.5, 0.6) is 0 Å². The standard InChI is InChI=1S/C26H30N4O3/c31-25(15-19-8-13-33-14-9-19)29-11-6-21(7-12-29)20-1-3-24(4-2-20)28-26(32)30-17-22-5-10-27-16-23(22)18-30/h1-6,10,16,19H,7-9,11-15,17-18H2,(H,28,32). The van der Waals surface area contributed by atoms with Crippen molar-refractivity contribution in [3.63, 3.8) is 0 Å². The number of carbonyl (C=O) groups is 2. The Labute approximate surface area is 194 Å². The second-order valence-corrected chi connectivity index (χ2v) is 9.09. The van der Waals surface area contributed by atoms with Crippen LogP contribution in [0.25, 0.3) is 5.57 Å². The minimum Gasteiger partial charge on any atom is -0.381 e. The average molecular weight is 447 g/mol. The molecule has 1 fully saturated rings. The molecular formula is C26H30N4O3. The number of ether oxygens (including phenoxy) is 1. The second kappa shape index (κ2) is 9.75. The number of pyridine rings is 1. The van der Waals surface area contributed by atoms with Crippen LogP contribution in [0.3, 0.4) is 0 Å². The van der Waals surface area contributed by atoms with Crippen LogP contribution in [0.15, 0.2) is 48.8 Å². The maximum absolute atomic E-state index is 12.7. The van der Waals surface area contributed by atoms with Crippen molar-refractivity contribution in [1.82, 2.24) is 14.8 Å². The number of rotatable bonds is 4. The highest BCUT2D eigenvalue weighted by Crippen LogP contribution is 2.27. The molecule has 3 amide bonds. The zero-order valence-corrected chi connectivity index (χ0v) is 18.8. The van der Waals surface area contributed by atoms with Crippen molar-refractivity contribution >= 4 is 23.2 Å². The molecule has 1 saturated heterocycles. The van der Waals surface area contributed by atoms with Gasteiger partial charge in [-0.05, 0) is 65.6 Å². The van der Waals surface area contributed by atoms with E-state index in [9.17, 15) is 9.59 Å². The number of amides is 3. The molecular weight excluding hydrogens is 416 g/mol. The molecule has 0 radical (unpaired) electrons. The zero-order chi connectivity index (χ0) is 22.6. The van der Waals surface area contributed by atoms with Crippen molar-refractivity contribution < 1.29 is 14.3 Å². The summed E-state index contributed by atoms with van der Waals surface area (Å²) < 4.78 is 5.40. The summed E-state index contributed by atoms with van der Waals surface area (Å²) in [4.78, 5) is 33.2. The Balaban J connectivity index is 1.13. The largest absolute Gasteiger partial charge is 0.381 e. The third-order valence-electron chi connectivity index (χ3n) is 6.89. The molecule has 0 unspecified atom stereocenters. The average Bonchev–Trinajstić information content (AvgIpc) is 3.30. The summed E-state index contributed by atoms with van der Waals surface area (Å²) in [6.45, 7) is 4.18. The maximum Gasteiger partial charge on any atom is 0.322 e. The van der Waals surface area contributed by atoms with Gasteiger partial charge in [0.1, 0.15) is 0 Å². The number of hydrogen-bond acceptors (Lipinski definition) is 4. The predicted molar refractivity (Wildman–Crippen MR) is 126 cm³/mol. The van der Waals surface area contributed by atoms with E-state index in [0.717, 1.165) is 61.4 Å². The van der Waals surface area contributed by atoms with E-state index in [1.54, 1.807) is 11.1 Å². The molecule has 172 valence electrons. The molecule has 0 atom stereocenters. The summed E-state index contributed by atoms with van der Waals surface area (Å²) in [7, 11) is 0. The molecule has 1 N–H and O–H groups in total. The number of carbonyl (C=O) groups excluding carboxylic acids is 2. The molecule has 0 saturated carbocycles. The van der Waals surface area contributed by atoms with Crippen molar-refractivity contribution in [3.8, 4) is 0 Å². The van der Waals surface area contributed by atoms with Gasteiger partial charge in [0.25, 0.3) is 0 Å². The van der Waals surface area contributed by atoms with Crippen molar-refractivity contribution in [2.75, 3.05) is 31.6 Å². The first-order valence-corrected chi connectivity index (χ1v) is 11.8. The van der Waals surface area contributed by atoms with E-state index >= 15 is 0 Å². The van der Waals surface area contributed by atoms with Crippen LogP contribution in [0, 0.1) is 5.92 Å². The molecule has 4 heterocycles. The Kier molecular flexibility index (Phi) is 6.39. The SMILES string of the molecule is O=C(CC1CCOCC1)N1CC=C(c2ccc(NC(=O)N3Cc4ccncc4C3)cc2)CC1. The topological polar surface area (TPSA) is 74.8 Å². The van der Waals surface area contributed by atoms with Gasteiger partial charge < -0.3 is 19.9 Å². The number of urea groups is 1. The van der Waals surface area contributed by atoms with E-state index in [-0.39, 0.29) is 11.9 Å². The third kappa shape index (κ3) is 5.09.